The van der Waals surface area contributed by atoms with E-state index in [9.17, 15) is 0 Å². The summed E-state index contributed by atoms with van der Waals surface area (Å²) in [6.45, 7) is 0. The van der Waals surface area contributed by atoms with E-state index in [4.69, 9.17) is 14.7 Å². The molecular formula is H4CuKO3P. The molecule has 0 amide bonds. The summed E-state index contributed by atoms with van der Waals surface area (Å²) in [5.74, 6) is 0. The Bertz CT molecular complexity index is 19.7. The number of hydrogen-bond donors (Lipinski definition) is 3. The van der Waals surface area contributed by atoms with Gasteiger partial charge in [0.05, 0.1) is 0 Å². The quantitative estimate of drug-likeness (QED) is 0.269. The molecule has 0 atom stereocenters. The predicted octanol–water partition coefficient (Wildman–Crippen LogP) is -3.70. The van der Waals surface area contributed by atoms with Gasteiger partial charge in [0.25, 0.3) is 0 Å². The van der Waals surface area contributed by atoms with E-state index in [0.29, 0.717) is 0 Å². The monoisotopic (exact) mass is 185 g/mol. The second-order valence-electron chi connectivity index (χ2n) is 0.268. The summed E-state index contributed by atoms with van der Waals surface area (Å²) in [4.78, 5) is 21.7. The van der Waals surface area contributed by atoms with Crippen LogP contribution in [0.1, 0.15) is 1.43 Å². The molecule has 0 aliphatic carbocycles. The van der Waals surface area contributed by atoms with Gasteiger partial charge in [0, 0.05) is 17.1 Å². The van der Waals surface area contributed by atoms with Gasteiger partial charge in [-0.2, -0.15) is 0 Å². The maximum Gasteiger partial charge on any atom is 1.00 e. The van der Waals surface area contributed by atoms with Gasteiger partial charge >= 0.3 is 60.0 Å². The molecule has 0 aliphatic heterocycles. The molecule has 0 spiro atoms. The molecule has 0 heterocycles. The van der Waals surface area contributed by atoms with Gasteiger partial charge in [-0.25, -0.2) is 0 Å². The van der Waals surface area contributed by atoms with Crippen LogP contribution < -0.4 is 51.4 Å². The summed E-state index contributed by atoms with van der Waals surface area (Å²) < 4.78 is 0. The molecule has 0 aromatic rings. The van der Waals surface area contributed by atoms with E-state index in [2.05, 4.69) is 0 Å². The summed E-state index contributed by atoms with van der Waals surface area (Å²) in [6, 6.07) is 0. The molecular weight excluding hydrogens is 182 g/mol. The van der Waals surface area contributed by atoms with Crippen LogP contribution in [-0.2, 0) is 17.1 Å². The van der Waals surface area contributed by atoms with E-state index >= 15 is 0 Å². The molecule has 0 unspecified atom stereocenters. The van der Waals surface area contributed by atoms with Crippen molar-refractivity contribution in [2.75, 3.05) is 0 Å². The van der Waals surface area contributed by atoms with Crippen LogP contribution in [0.15, 0.2) is 0 Å². The van der Waals surface area contributed by atoms with Gasteiger partial charge in [0.15, 0.2) is 0 Å². The first-order valence-corrected chi connectivity index (χ1v) is 1.80. The van der Waals surface area contributed by atoms with Crippen molar-refractivity contribution in [3.8, 4) is 0 Å². The fourth-order valence-electron chi connectivity index (χ4n) is 0. The van der Waals surface area contributed by atoms with E-state index < -0.39 is 8.60 Å². The van der Waals surface area contributed by atoms with Gasteiger partial charge in [-0.15, -0.1) is 0 Å². The summed E-state index contributed by atoms with van der Waals surface area (Å²) >= 11 is 0. The minimum atomic E-state index is -2.62. The molecule has 0 aliphatic rings. The average molecular weight is 186 g/mol. The molecule has 0 fully saturated rings. The van der Waals surface area contributed by atoms with Gasteiger partial charge in [-0.3, -0.25) is 0 Å². The second-order valence-corrected chi connectivity index (χ2v) is 0.805. The van der Waals surface area contributed by atoms with Crippen molar-refractivity contribution in [3.63, 3.8) is 0 Å². The van der Waals surface area contributed by atoms with E-state index in [-0.39, 0.29) is 69.9 Å². The Hall–Kier alpha value is 2.47. The molecule has 0 saturated heterocycles. The van der Waals surface area contributed by atoms with E-state index in [1.54, 1.807) is 0 Å². The smallest absolute Gasteiger partial charge is 1.00 e. The standard InChI is InChI=1S/Cu.K.H3O3P.H/c;;1-4(2)3;/h;;1-3H;/q;+1;;-1. The molecule has 0 rings (SSSR count). The molecule has 39 valence electrons. The largest absolute Gasteiger partial charge is 1.00 e. The fraction of sp³-hybridized carbons (Fsp3) is 0. The van der Waals surface area contributed by atoms with Crippen LogP contribution in [0.5, 0.6) is 0 Å². The van der Waals surface area contributed by atoms with Crippen LogP contribution in [-0.4, -0.2) is 14.7 Å². The molecule has 6 heavy (non-hydrogen) atoms. The molecule has 0 bridgehead atoms. The molecule has 3 N–H and O–H groups in total. The van der Waals surface area contributed by atoms with Crippen LogP contribution in [0.2, 0.25) is 0 Å². The average Bonchev–Trinajstić information content (AvgIpc) is 0.811. The maximum absolute atomic E-state index is 7.23. The minimum absolute atomic E-state index is 0. The third kappa shape index (κ3) is 31.8. The number of rotatable bonds is 0. The van der Waals surface area contributed by atoms with Crippen molar-refractivity contribution in [1.82, 2.24) is 0 Å². The Labute approximate surface area is 91.5 Å². The molecule has 0 aromatic heterocycles. The normalized spacial score (nSPS) is 6.00. The first kappa shape index (κ1) is 15.8. The van der Waals surface area contributed by atoms with Crippen molar-refractivity contribution >= 4 is 8.60 Å². The fourth-order valence-corrected chi connectivity index (χ4v) is 0. The van der Waals surface area contributed by atoms with E-state index in [0.717, 1.165) is 0 Å². The van der Waals surface area contributed by atoms with E-state index in [1.807, 2.05) is 0 Å². The van der Waals surface area contributed by atoms with Gasteiger partial charge in [0.2, 0.25) is 0 Å². The molecule has 6 heteroatoms. The van der Waals surface area contributed by atoms with Crippen LogP contribution in [0.3, 0.4) is 0 Å². The molecule has 3 nitrogen and oxygen atoms in total. The second kappa shape index (κ2) is 10.4. The Morgan fingerprint density at radius 3 is 1.17 bits per heavy atom. The zero-order valence-corrected chi connectivity index (χ0v) is 8.05. The maximum atomic E-state index is 7.23. The predicted molar refractivity (Wildman–Crippen MR) is 14.7 cm³/mol. The van der Waals surface area contributed by atoms with Crippen LogP contribution in [0.25, 0.3) is 0 Å². The number of hydrogen-bond acceptors (Lipinski definition) is 3. The third-order valence-electron chi connectivity index (χ3n) is 0. The van der Waals surface area contributed by atoms with Crippen molar-refractivity contribution < 1.29 is 84.6 Å². The summed E-state index contributed by atoms with van der Waals surface area (Å²) in [5, 5.41) is 0. The third-order valence-corrected chi connectivity index (χ3v) is 0. The first-order chi connectivity index (χ1) is 1.73. The van der Waals surface area contributed by atoms with Crippen molar-refractivity contribution in [2.45, 2.75) is 0 Å². The van der Waals surface area contributed by atoms with Crippen molar-refractivity contribution in [3.05, 3.63) is 0 Å². The van der Waals surface area contributed by atoms with Gasteiger partial charge < -0.3 is 16.1 Å². The van der Waals surface area contributed by atoms with E-state index in [1.165, 1.54) is 0 Å². The molecule has 0 saturated carbocycles. The summed E-state index contributed by atoms with van der Waals surface area (Å²) in [7, 11) is -2.62. The molecule has 0 aromatic carbocycles. The topological polar surface area (TPSA) is 60.7 Å². The van der Waals surface area contributed by atoms with Gasteiger partial charge in [-0.05, 0) is 0 Å². The van der Waals surface area contributed by atoms with Gasteiger partial charge in [0.1, 0.15) is 0 Å². The van der Waals surface area contributed by atoms with Crippen LogP contribution in [0.4, 0.5) is 0 Å². The Kier molecular flexibility index (Phi) is 27.5. The zero-order chi connectivity index (χ0) is 3.58. The Morgan fingerprint density at radius 1 is 1.17 bits per heavy atom. The van der Waals surface area contributed by atoms with Crippen molar-refractivity contribution in [1.29, 1.82) is 0 Å². The minimum Gasteiger partial charge on any atom is -1.00 e. The Morgan fingerprint density at radius 2 is 1.17 bits per heavy atom. The van der Waals surface area contributed by atoms with Crippen LogP contribution in [0, 0.1) is 0 Å². The van der Waals surface area contributed by atoms with Crippen molar-refractivity contribution in [2.24, 2.45) is 0 Å². The van der Waals surface area contributed by atoms with Gasteiger partial charge in [-0.1, -0.05) is 0 Å². The first-order valence-electron chi connectivity index (χ1n) is 0.600. The summed E-state index contributed by atoms with van der Waals surface area (Å²) in [6.07, 6.45) is 0. The Balaban J connectivity index is -0.0000000150. The zero-order valence-electron chi connectivity index (χ0n) is 4.09. The molecule has 1 radical (unpaired) electrons. The SMILES string of the molecule is OP(O)O.[Cu].[H-].[K+]. The summed E-state index contributed by atoms with van der Waals surface area (Å²) in [5.41, 5.74) is 0. The van der Waals surface area contributed by atoms with Crippen LogP contribution >= 0.6 is 8.60 Å².